The first-order chi connectivity index (χ1) is 9.90. The summed E-state index contributed by atoms with van der Waals surface area (Å²) in [6.07, 6.45) is -3.09. The zero-order valence-corrected chi connectivity index (χ0v) is 11.3. The van der Waals surface area contributed by atoms with Crippen LogP contribution in [0.3, 0.4) is 0 Å². The molecule has 0 saturated carbocycles. The molecule has 0 bridgehead atoms. The largest absolute Gasteiger partial charge is 0.416 e. The quantitative estimate of drug-likeness (QED) is 0.744. The number of halogens is 4. The number of alkyl halides is 3. The number of piperidine rings is 1. The Kier molecular flexibility index (Phi) is 3.57. The summed E-state index contributed by atoms with van der Waals surface area (Å²) >= 11 is 0. The lowest BCUT2D eigenvalue weighted by molar-refractivity contribution is -0.161. The fraction of sp³-hybridized carbons (Fsp3) is 0.571. The lowest BCUT2D eigenvalue weighted by Crippen LogP contribution is -2.49. The minimum absolute atomic E-state index is 0.154. The van der Waals surface area contributed by atoms with Crippen LogP contribution in [-0.2, 0) is 15.7 Å². The first-order valence-corrected chi connectivity index (χ1v) is 6.79. The summed E-state index contributed by atoms with van der Waals surface area (Å²) < 4.78 is 62.9. The maximum absolute atomic E-state index is 14.0. The molecule has 0 aliphatic carbocycles. The van der Waals surface area contributed by atoms with Crippen molar-refractivity contribution >= 4 is 5.69 Å². The summed E-state index contributed by atoms with van der Waals surface area (Å²) in [5.74, 6) is -1.62. The van der Waals surface area contributed by atoms with E-state index in [0.29, 0.717) is 38.8 Å². The minimum atomic E-state index is -4.54. The summed E-state index contributed by atoms with van der Waals surface area (Å²) in [5.41, 5.74) is -0.829. The van der Waals surface area contributed by atoms with Crippen LogP contribution in [0.4, 0.5) is 23.2 Å². The van der Waals surface area contributed by atoms with Gasteiger partial charge in [-0.1, -0.05) is 0 Å². The summed E-state index contributed by atoms with van der Waals surface area (Å²) in [6, 6.07) is 2.61. The zero-order chi connectivity index (χ0) is 15.1. The fourth-order valence-electron chi connectivity index (χ4n) is 2.87. The Morgan fingerprint density at radius 1 is 1.14 bits per heavy atom. The number of ether oxygens (including phenoxy) is 2. The molecule has 2 aliphatic heterocycles. The summed E-state index contributed by atoms with van der Waals surface area (Å²) in [7, 11) is 0. The van der Waals surface area contributed by atoms with Crippen LogP contribution in [0.15, 0.2) is 18.2 Å². The molecular weight excluding hydrogens is 290 g/mol. The minimum Gasteiger partial charge on any atom is -0.364 e. The molecule has 1 spiro atoms. The molecule has 1 aromatic rings. The molecule has 3 nitrogen and oxygen atoms in total. The third-order valence-electron chi connectivity index (χ3n) is 3.85. The number of rotatable bonds is 1. The van der Waals surface area contributed by atoms with Crippen molar-refractivity contribution in [3.05, 3.63) is 29.6 Å². The second-order valence-electron chi connectivity index (χ2n) is 5.30. The van der Waals surface area contributed by atoms with Crippen molar-refractivity contribution < 1.29 is 27.0 Å². The highest BCUT2D eigenvalue weighted by molar-refractivity contribution is 5.50. The van der Waals surface area contributed by atoms with E-state index in [1.165, 1.54) is 6.07 Å². The molecular formula is C14H15F4NO2. The molecule has 0 aromatic heterocycles. The van der Waals surface area contributed by atoms with E-state index in [4.69, 9.17) is 9.47 Å². The molecule has 2 saturated heterocycles. The molecule has 0 atom stereocenters. The van der Waals surface area contributed by atoms with Gasteiger partial charge in [0.05, 0.1) is 31.0 Å². The van der Waals surface area contributed by atoms with E-state index in [0.717, 1.165) is 12.5 Å². The van der Waals surface area contributed by atoms with Crippen LogP contribution in [0.2, 0.25) is 0 Å². The van der Waals surface area contributed by atoms with Crippen LogP contribution in [-0.4, -0.2) is 32.1 Å². The maximum Gasteiger partial charge on any atom is 0.416 e. The number of hydrogen-bond acceptors (Lipinski definition) is 3. The van der Waals surface area contributed by atoms with Crippen LogP contribution >= 0.6 is 0 Å². The first-order valence-electron chi connectivity index (χ1n) is 6.79. The number of benzene rings is 1. The summed E-state index contributed by atoms with van der Waals surface area (Å²) in [5, 5.41) is 0. The van der Waals surface area contributed by atoms with Crippen LogP contribution in [0.25, 0.3) is 0 Å². The number of nitrogens with zero attached hydrogens (tertiary/aromatic N) is 1. The van der Waals surface area contributed by atoms with Crippen molar-refractivity contribution in [1.29, 1.82) is 0 Å². The average molecular weight is 305 g/mol. The Hall–Kier alpha value is -1.34. The number of hydrogen-bond donors (Lipinski definition) is 0. The smallest absolute Gasteiger partial charge is 0.364 e. The van der Waals surface area contributed by atoms with Crippen molar-refractivity contribution in [2.24, 2.45) is 0 Å². The summed E-state index contributed by atoms with van der Waals surface area (Å²) in [4.78, 5) is 1.68. The second-order valence-corrected chi connectivity index (χ2v) is 5.30. The zero-order valence-electron chi connectivity index (χ0n) is 11.3. The molecule has 0 radical (unpaired) electrons. The van der Waals surface area contributed by atoms with E-state index in [9.17, 15) is 17.6 Å². The Morgan fingerprint density at radius 3 is 2.48 bits per heavy atom. The Bertz CT molecular complexity index is 526. The predicted octanol–water partition coefficient (Wildman–Crippen LogP) is 3.19. The molecule has 2 fully saturated rings. The van der Waals surface area contributed by atoms with E-state index in [1.807, 2.05) is 0 Å². The molecule has 0 N–H and O–H groups in total. The maximum atomic E-state index is 14.0. The van der Waals surface area contributed by atoms with Gasteiger partial charge in [0.1, 0.15) is 5.82 Å². The SMILES string of the molecule is Fc1cc(C(F)(F)F)ccc1N1CCCC2(C1)OCCO2. The van der Waals surface area contributed by atoms with Crippen LogP contribution in [0.1, 0.15) is 18.4 Å². The van der Waals surface area contributed by atoms with Gasteiger partial charge in [0.2, 0.25) is 0 Å². The van der Waals surface area contributed by atoms with Gasteiger partial charge >= 0.3 is 6.18 Å². The van der Waals surface area contributed by atoms with Crippen molar-refractivity contribution in [2.45, 2.75) is 24.8 Å². The standard InChI is InChI=1S/C14H15F4NO2/c15-11-8-10(14(16,17)18)2-3-12(11)19-5-1-4-13(9-19)20-6-7-21-13/h2-3,8H,1,4-7,9H2. The molecule has 21 heavy (non-hydrogen) atoms. The molecule has 116 valence electrons. The highest BCUT2D eigenvalue weighted by atomic mass is 19.4. The van der Waals surface area contributed by atoms with Gasteiger partial charge in [-0.2, -0.15) is 13.2 Å². The average Bonchev–Trinajstić information content (AvgIpc) is 2.85. The van der Waals surface area contributed by atoms with Gasteiger partial charge in [0, 0.05) is 13.0 Å². The van der Waals surface area contributed by atoms with Crippen LogP contribution in [0.5, 0.6) is 0 Å². The summed E-state index contributed by atoms with van der Waals surface area (Å²) in [6.45, 7) is 1.87. The van der Waals surface area contributed by atoms with E-state index < -0.39 is 23.3 Å². The number of anilines is 1. The van der Waals surface area contributed by atoms with Crippen molar-refractivity contribution in [3.63, 3.8) is 0 Å². The third-order valence-corrected chi connectivity index (χ3v) is 3.85. The van der Waals surface area contributed by atoms with E-state index in [1.54, 1.807) is 4.90 Å². The Balaban J connectivity index is 1.83. The van der Waals surface area contributed by atoms with Gasteiger partial charge < -0.3 is 14.4 Å². The van der Waals surface area contributed by atoms with Crippen molar-refractivity contribution in [2.75, 3.05) is 31.2 Å². The molecule has 3 rings (SSSR count). The van der Waals surface area contributed by atoms with E-state index in [-0.39, 0.29) is 5.69 Å². The molecule has 7 heteroatoms. The van der Waals surface area contributed by atoms with E-state index in [2.05, 4.69) is 0 Å². The van der Waals surface area contributed by atoms with Crippen LogP contribution in [0, 0.1) is 5.82 Å². The normalized spacial score (nSPS) is 22.0. The van der Waals surface area contributed by atoms with Crippen LogP contribution < -0.4 is 4.90 Å². The van der Waals surface area contributed by atoms with Crippen molar-refractivity contribution in [3.8, 4) is 0 Å². The molecule has 0 amide bonds. The van der Waals surface area contributed by atoms with E-state index >= 15 is 0 Å². The highest BCUT2D eigenvalue weighted by Crippen LogP contribution is 2.36. The molecule has 0 unspecified atom stereocenters. The Morgan fingerprint density at radius 2 is 1.86 bits per heavy atom. The van der Waals surface area contributed by atoms with Gasteiger partial charge in [0.15, 0.2) is 5.79 Å². The monoisotopic (exact) mass is 305 g/mol. The van der Waals surface area contributed by atoms with Gasteiger partial charge in [-0.25, -0.2) is 4.39 Å². The van der Waals surface area contributed by atoms with Gasteiger partial charge in [-0.05, 0) is 24.6 Å². The highest BCUT2D eigenvalue weighted by Gasteiger charge is 2.41. The first kappa shape index (κ1) is 14.6. The lowest BCUT2D eigenvalue weighted by atomic mass is 10.0. The molecule has 2 heterocycles. The predicted molar refractivity (Wildman–Crippen MR) is 67.5 cm³/mol. The van der Waals surface area contributed by atoms with Crippen molar-refractivity contribution in [1.82, 2.24) is 0 Å². The second kappa shape index (κ2) is 5.14. The lowest BCUT2D eigenvalue weighted by Gasteiger charge is -2.39. The van der Waals surface area contributed by atoms with Gasteiger partial charge in [-0.3, -0.25) is 0 Å². The molecule has 2 aliphatic rings. The molecule has 1 aromatic carbocycles. The van der Waals surface area contributed by atoms with Gasteiger partial charge in [0.25, 0.3) is 0 Å². The topological polar surface area (TPSA) is 21.7 Å². The fourth-order valence-corrected chi connectivity index (χ4v) is 2.87. The Labute approximate surface area is 119 Å². The van der Waals surface area contributed by atoms with Gasteiger partial charge in [-0.15, -0.1) is 0 Å². The third kappa shape index (κ3) is 2.85.